The van der Waals surface area contributed by atoms with Crippen molar-refractivity contribution < 1.29 is 0 Å². The number of benzene rings is 1. The molecule has 1 aliphatic rings. The van der Waals surface area contributed by atoms with Gasteiger partial charge >= 0.3 is 0 Å². The summed E-state index contributed by atoms with van der Waals surface area (Å²) in [6, 6.07) is 8.25. The predicted molar refractivity (Wildman–Crippen MR) is 68.9 cm³/mol. The molecule has 16 heavy (non-hydrogen) atoms. The maximum Gasteiger partial charge on any atom is 0.0581 e. The summed E-state index contributed by atoms with van der Waals surface area (Å²) in [4.78, 5) is 2.31. The monoisotopic (exact) mass is 238 g/mol. The quantitative estimate of drug-likeness (QED) is 0.852. The van der Waals surface area contributed by atoms with E-state index >= 15 is 0 Å². The Kier molecular flexibility index (Phi) is 3.53. The lowest BCUT2D eigenvalue weighted by Crippen LogP contribution is -2.52. The van der Waals surface area contributed by atoms with Crippen LogP contribution in [0.2, 0.25) is 5.02 Å². The molecule has 3 heteroatoms. The van der Waals surface area contributed by atoms with Gasteiger partial charge < -0.3 is 5.32 Å². The van der Waals surface area contributed by atoms with Crippen LogP contribution >= 0.6 is 11.6 Å². The van der Waals surface area contributed by atoms with E-state index in [0.29, 0.717) is 0 Å². The molecule has 0 spiro atoms. The van der Waals surface area contributed by atoms with Crippen LogP contribution in [0.4, 0.5) is 0 Å². The lowest BCUT2D eigenvalue weighted by Gasteiger charge is -2.43. The van der Waals surface area contributed by atoms with Gasteiger partial charge in [0.15, 0.2) is 0 Å². The first kappa shape index (κ1) is 11.9. The third kappa shape index (κ3) is 2.10. The van der Waals surface area contributed by atoms with Gasteiger partial charge in [0.1, 0.15) is 0 Å². The highest BCUT2D eigenvalue weighted by Crippen LogP contribution is 2.34. The van der Waals surface area contributed by atoms with Gasteiger partial charge in [0.25, 0.3) is 0 Å². The molecule has 0 aromatic heterocycles. The molecule has 1 aromatic rings. The number of piperidine rings is 1. The van der Waals surface area contributed by atoms with Crippen molar-refractivity contribution in [1.82, 2.24) is 10.2 Å². The van der Waals surface area contributed by atoms with Crippen molar-refractivity contribution in [2.75, 3.05) is 27.2 Å². The van der Waals surface area contributed by atoms with E-state index in [0.717, 1.165) is 18.1 Å². The van der Waals surface area contributed by atoms with Gasteiger partial charge in [-0.15, -0.1) is 0 Å². The molecule has 1 saturated heterocycles. The van der Waals surface area contributed by atoms with Crippen molar-refractivity contribution in [1.29, 1.82) is 0 Å². The summed E-state index contributed by atoms with van der Waals surface area (Å²) in [5, 5.41) is 4.31. The second kappa shape index (κ2) is 4.74. The average Bonchev–Trinajstić information content (AvgIpc) is 2.30. The zero-order chi connectivity index (χ0) is 11.6. The standard InChI is InChI=1S/C13H19ClN2/c1-16(2)13(7-4-8-15-10-13)11-5-3-6-12(14)9-11/h3,5-6,9,15H,4,7-8,10H2,1-2H3. The number of likely N-dealkylation sites (N-methyl/N-ethyl adjacent to an activating group) is 1. The maximum absolute atomic E-state index is 6.09. The minimum atomic E-state index is 0.100. The van der Waals surface area contributed by atoms with Crippen LogP contribution in [0, 0.1) is 0 Å². The number of halogens is 1. The minimum absolute atomic E-state index is 0.100. The number of rotatable bonds is 2. The summed E-state index contributed by atoms with van der Waals surface area (Å²) in [5.74, 6) is 0. The first-order valence-corrected chi connectivity index (χ1v) is 6.17. The summed E-state index contributed by atoms with van der Waals surface area (Å²) in [6.45, 7) is 2.12. The Morgan fingerprint density at radius 2 is 2.19 bits per heavy atom. The van der Waals surface area contributed by atoms with Gasteiger partial charge in [0, 0.05) is 11.6 Å². The molecule has 88 valence electrons. The molecule has 1 aromatic carbocycles. The summed E-state index contributed by atoms with van der Waals surface area (Å²) >= 11 is 6.09. The average molecular weight is 239 g/mol. The van der Waals surface area contributed by atoms with Crippen molar-refractivity contribution in [3.63, 3.8) is 0 Å². The molecule has 0 bridgehead atoms. The van der Waals surface area contributed by atoms with Crippen molar-refractivity contribution >= 4 is 11.6 Å². The number of nitrogens with one attached hydrogen (secondary N) is 1. The third-order valence-corrected chi connectivity index (χ3v) is 3.81. The van der Waals surface area contributed by atoms with Gasteiger partial charge in [-0.25, -0.2) is 0 Å². The fraction of sp³-hybridized carbons (Fsp3) is 0.538. The Balaban J connectivity index is 2.38. The number of hydrogen-bond acceptors (Lipinski definition) is 2. The minimum Gasteiger partial charge on any atom is -0.315 e. The Labute approximate surface area is 103 Å². The smallest absolute Gasteiger partial charge is 0.0581 e. The highest BCUT2D eigenvalue weighted by atomic mass is 35.5. The van der Waals surface area contributed by atoms with Crippen molar-refractivity contribution in [3.05, 3.63) is 34.9 Å². The molecule has 1 fully saturated rings. The van der Waals surface area contributed by atoms with Crippen LogP contribution < -0.4 is 5.32 Å². The van der Waals surface area contributed by atoms with Gasteiger partial charge in [0.05, 0.1) is 5.54 Å². The molecule has 1 N–H and O–H groups in total. The molecule has 2 rings (SSSR count). The highest BCUT2D eigenvalue weighted by molar-refractivity contribution is 6.30. The molecule has 1 aliphatic heterocycles. The van der Waals surface area contributed by atoms with Crippen LogP contribution in [0.3, 0.4) is 0 Å². The third-order valence-electron chi connectivity index (χ3n) is 3.58. The van der Waals surface area contributed by atoms with Gasteiger partial charge in [-0.3, -0.25) is 4.90 Å². The lowest BCUT2D eigenvalue weighted by atomic mass is 9.82. The van der Waals surface area contributed by atoms with E-state index < -0.39 is 0 Å². The van der Waals surface area contributed by atoms with E-state index in [9.17, 15) is 0 Å². The predicted octanol–water partition coefficient (Wildman–Crippen LogP) is 2.48. The van der Waals surface area contributed by atoms with Crippen LogP contribution in [-0.2, 0) is 5.54 Å². The summed E-state index contributed by atoms with van der Waals surface area (Å²) < 4.78 is 0. The van der Waals surface area contributed by atoms with E-state index in [1.54, 1.807) is 0 Å². The van der Waals surface area contributed by atoms with Gasteiger partial charge in [-0.2, -0.15) is 0 Å². The lowest BCUT2D eigenvalue weighted by molar-refractivity contribution is 0.113. The van der Waals surface area contributed by atoms with Gasteiger partial charge in [-0.1, -0.05) is 23.7 Å². The van der Waals surface area contributed by atoms with Crippen LogP contribution in [0.1, 0.15) is 18.4 Å². The molecular formula is C13H19ClN2. The summed E-state index contributed by atoms with van der Waals surface area (Å²) in [7, 11) is 4.29. The molecule has 1 heterocycles. The summed E-state index contributed by atoms with van der Waals surface area (Å²) in [6.07, 6.45) is 2.40. The Morgan fingerprint density at radius 1 is 1.38 bits per heavy atom. The van der Waals surface area contributed by atoms with Crippen molar-refractivity contribution in [3.8, 4) is 0 Å². The second-order valence-corrected chi connectivity index (χ2v) is 5.15. The first-order chi connectivity index (χ1) is 7.65. The van der Waals surface area contributed by atoms with Gasteiger partial charge in [0.2, 0.25) is 0 Å². The van der Waals surface area contributed by atoms with Gasteiger partial charge in [-0.05, 0) is 51.2 Å². The molecule has 1 atom stereocenters. The molecule has 2 nitrogen and oxygen atoms in total. The van der Waals surface area contributed by atoms with E-state index in [4.69, 9.17) is 11.6 Å². The molecule has 0 aliphatic carbocycles. The fourth-order valence-corrected chi connectivity index (χ4v) is 2.74. The Morgan fingerprint density at radius 3 is 2.75 bits per heavy atom. The second-order valence-electron chi connectivity index (χ2n) is 4.72. The van der Waals surface area contributed by atoms with Crippen LogP contribution in [0.25, 0.3) is 0 Å². The maximum atomic E-state index is 6.09. The summed E-state index contributed by atoms with van der Waals surface area (Å²) in [5.41, 5.74) is 1.42. The number of hydrogen-bond donors (Lipinski definition) is 1. The highest BCUT2D eigenvalue weighted by Gasteiger charge is 2.35. The van der Waals surface area contributed by atoms with Crippen molar-refractivity contribution in [2.24, 2.45) is 0 Å². The molecule has 1 unspecified atom stereocenters. The van der Waals surface area contributed by atoms with E-state index in [2.05, 4.69) is 36.4 Å². The van der Waals surface area contributed by atoms with E-state index in [-0.39, 0.29) is 5.54 Å². The zero-order valence-electron chi connectivity index (χ0n) is 9.96. The molecule has 0 amide bonds. The largest absolute Gasteiger partial charge is 0.315 e. The molecule has 0 radical (unpaired) electrons. The van der Waals surface area contributed by atoms with E-state index in [1.807, 2.05) is 12.1 Å². The number of nitrogens with zero attached hydrogens (tertiary/aromatic N) is 1. The zero-order valence-corrected chi connectivity index (χ0v) is 10.7. The topological polar surface area (TPSA) is 15.3 Å². The van der Waals surface area contributed by atoms with E-state index in [1.165, 1.54) is 18.4 Å². The SMILES string of the molecule is CN(C)C1(c2cccc(Cl)c2)CCCNC1. The normalized spacial score (nSPS) is 26.0. The van der Waals surface area contributed by atoms with Crippen LogP contribution in [0.5, 0.6) is 0 Å². The van der Waals surface area contributed by atoms with Crippen LogP contribution in [0.15, 0.2) is 24.3 Å². The first-order valence-electron chi connectivity index (χ1n) is 5.79. The Bertz CT molecular complexity index is 357. The molecular weight excluding hydrogens is 220 g/mol. The van der Waals surface area contributed by atoms with Crippen LogP contribution in [-0.4, -0.2) is 32.1 Å². The van der Waals surface area contributed by atoms with Crippen molar-refractivity contribution in [2.45, 2.75) is 18.4 Å². The Hall–Kier alpha value is -0.570. The fourth-order valence-electron chi connectivity index (χ4n) is 2.55. The molecule has 0 saturated carbocycles.